The van der Waals surface area contributed by atoms with Crippen LogP contribution in [-0.4, -0.2) is 21.3 Å². The summed E-state index contributed by atoms with van der Waals surface area (Å²) in [6.45, 7) is 6.58. The van der Waals surface area contributed by atoms with Crippen LogP contribution < -0.4 is 5.32 Å². The van der Waals surface area contributed by atoms with Crippen LogP contribution in [0.15, 0.2) is 35.0 Å². The molecule has 5 nitrogen and oxygen atoms in total. The van der Waals surface area contributed by atoms with E-state index in [1.165, 1.54) is 16.5 Å². The average Bonchev–Trinajstić information content (AvgIpc) is 3.11. The van der Waals surface area contributed by atoms with Gasteiger partial charge in [0.15, 0.2) is 5.82 Å². The maximum atomic E-state index is 5.30. The molecule has 3 rings (SSSR count). The Bertz CT molecular complexity index is 729. The highest BCUT2D eigenvalue weighted by Gasteiger charge is 2.11. The molecular weight excluding hydrogens is 264 g/mol. The monoisotopic (exact) mass is 284 g/mol. The first kappa shape index (κ1) is 13.8. The lowest BCUT2D eigenvalue weighted by molar-refractivity contribution is 0.368. The molecule has 0 saturated heterocycles. The summed E-state index contributed by atoms with van der Waals surface area (Å²) in [5.74, 6) is 1.41. The Balaban J connectivity index is 1.93. The van der Waals surface area contributed by atoms with Gasteiger partial charge in [0.2, 0.25) is 5.89 Å². The zero-order chi connectivity index (χ0) is 14.7. The number of hydrogen-bond acceptors (Lipinski definition) is 4. The molecule has 3 aromatic rings. The number of fused-ring (bicyclic) bond motifs is 1. The van der Waals surface area contributed by atoms with E-state index < -0.39 is 0 Å². The summed E-state index contributed by atoms with van der Waals surface area (Å²) >= 11 is 0. The van der Waals surface area contributed by atoms with Crippen LogP contribution >= 0.6 is 0 Å². The van der Waals surface area contributed by atoms with Crippen LogP contribution in [0.3, 0.4) is 0 Å². The Kier molecular flexibility index (Phi) is 4.01. The molecule has 5 heteroatoms. The van der Waals surface area contributed by atoms with Crippen molar-refractivity contribution in [3.8, 4) is 0 Å². The van der Waals surface area contributed by atoms with Crippen LogP contribution in [0, 0.1) is 0 Å². The largest absolute Gasteiger partial charge is 0.338 e. The second kappa shape index (κ2) is 6.10. The molecule has 0 aliphatic rings. The van der Waals surface area contributed by atoms with E-state index in [0.29, 0.717) is 12.4 Å². The summed E-state index contributed by atoms with van der Waals surface area (Å²) < 4.78 is 7.48. The zero-order valence-electron chi connectivity index (χ0n) is 12.5. The van der Waals surface area contributed by atoms with Crippen molar-refractivity contribution in [1.82, 2.24) is 20.0 Å². The molecule has 0 atom stereocenters. The summed E-state index contributed by atoms with van der Waals surface area (Å²) in [6.07, 6.45) is 2.96. The fourth-order valence-electron chi connectivity index (χ4n) is 2.50. The van der Waals surface area contributed by atoms with Gasteiger partial charge in [-0.15, -0.1) is 0 Å². The Labute approximate surface area is 124 Å². The SMILES string of the molecule is CCNCc1cn(Cc2nc(CC)no2)c2ccccc12. The first-order valence-corrected chi connectivity index (χ1v) is 7.40. The number of para-hydroxylation sites is 1. The van der Waals surface area contributed by atoms with E-state index in [9.17, 15) is 0 Å². The molecule has 0 saturated carbocycles. The van der Waals surface area contributed by atoms with E-state index in [0.717, 1.165) is 25.3 Å². The van der Waals surface area contributed by atoms with Crippen LogP contribution in [0.25, 0.3) is 10.9 Å². The van der Waals surface area contributed by atoms with Gasteiger partial charge in [-0.25, -0.2) is 0 Å². The first-order chi connectivity index (χ1) is 10.3. The molecule has 0 spiro atoms. The second-order valence-corrected chi connectivity index (χ2v) is 5.04. The van der Waals surface area contributed by atoms with Gasteiger partial charge in [0, 0.05) is 30.1 Å². The average molecular weight is 284 g/mol. The standard InChI is InChI=1S/C16H20N4O/c1-3-15-18-16(21-19-15)11-20-10-12(9-17-4-2)13-7-5-6-8-14(13)20/h5-8,10,17H,3-4,9,11H2,1-2H3. The predicted octanol–water partition coefficient (Wildman–Crippen LogP) is 2.74. The number of rotatable bonds is 6. The summed E-state index contributed by atoms with van der Waals surface area (Å²) in [7, 11) is 0. The summed E-state index contributed by atoms with van der Waals surface area (Å²) in [5, 5.41) is 8.61. The fraction of sp³-hybridized carbons (Fsp3) is 0.375. The third-order valence-corrected chi connectivity index (χ3v) is 3.57. The van der Waals surface area contributed by atoms with Gasteiger partial charge in [-0.3, -0.25) is 0 Å². The molecular formula is C16H20N4O. The van der Waals surface area contributed by atoms with Crippen LogP contribution in [0.4, 0.5) is 0 Å². The van der Waals surface area contributed by atoms with Gasteiger partial charge in [-0.05, 0) is 18.2 Å². The van der Waals surface area contributed by atoms with Crippen molar-refractivity contribution < 1.29 is 4.52 Å². The summed E-state index contributed by atoms with van der Waals surface area (Å²) in [6, 6.07) is 8.41. The molecule has 1 N–H and O–H groups in total. The van der Waals surface area contributed by atoms with Crippen molar-refractivity contribution in [1.29, 1.82) is 0 Å². The highest BCUT2D eigenvalue weighted by Crippen LogP contribution is 2.22. The quantitative estimate of drug-likeness (QED) is 0.756. The zero-order valence-corrected chi connectivity index (χ0v) is 12.5. The molecule has 110 valence electrons. The predicted molar refractivity (Wildman–Crippen MR) is 82.1 cm³/mol. The minimum atomic E-state index is 0.611. The van der Waals surface area contributed by atoms with Gasteiger partial charge >= 0.3 is 0 Å². The highest BCUT2D eigenvalue weighted by molar-refractivity contribution is 5.84. The van der Waals surface area contributed by atoms with Gasteiger partial charge in [0.05, 0.1) is 0 Å². The number of benzene rings is 1. The molecule has 21 heavy (non-hydrogen) atoms. The Morgan fingerprint density at radius 1 is 1.24 bits per heavy atom. The number of hydrogen-bond donors (Lipinski definition) is 1. The van der Waals surface area contributed by atoms with Crippen molar-refractivity contribution in [2.45, 2.75) is 33.4 Å². The molecule has 0 aliphatic heterocycles. The van der Waals surface area contributed by atoms with Crippen molar-refractivity contribution in [3.05, 3.63) is 47.7 Å². The molecule has 0 amide bonds. The topological polar surface area (TPSA) is 55.9 Å². The highest BCUT2D eigenvalue weighted by atomic mass is 16.5. The van der Waals surface area contributed by atoms with Crippen molar-refractivity contribution in [2.24, 2.45) is 0 Å². The second-order valence-electron chi connectivity index (χ2n) is 5.04. The molecule has 0 bridgehead atoms. The molecule has 1 aromatic carbocycles. The summed E-state index contributed by atoms with van der Waals surface area (Å²) in [4.78, 5) is 4.39. The Morgan fingerprint density at radius 3 is 2.86 bits per heavy atom. The number of aryl methyl sites for hydroxylation is 1. The lowest BCUT2D eigenvalue weighted by Crippen LogP contribution is -2.11. The fourth-order valence-corrected chi connectivity index (χ4v) is 2.50. The molecule has 0 radical (unpaired) electrons. The third kappa shape index (κ3) is 2.83. The van der Waals surface area contributed by atoms with E-state index in [-0.39, 0.29) is 0 Å². The van der Waals surface area contributed by atoms with E-state index in [2.05, 4.69) is 57.4 Å². The number of nitrogens with one attached hydrogen (secondary N) is 1. The molecule has 2 aromatic heterocycles. The minimum Gasteiger partial charge on any atom is -0.338 e. The van der Waals surface area contributed by atoms with E-state index in [1.54, 1.807) is 0 Å². The molecule has 0 aliphatic carbocycles. The molecule has 0 fully saturated rings. The van der Waals surface area contributed by atoms with E-state index in [4.69, 9.17) is 4.52 Å². The maximum absolute atomic E-state index is 5.30. The minimum absolute atomic E-state index is 0.611. The summed E-state index contributed by atoms with van der Waals surface area (Å²) in [5.41, 5.74) is 2.49. The molecule has 0 unspecified atom stereocenters. The lowest BCUT2D eigenvalue weighted by Gasteiger charge is -2.00. The normalized spacial score (nSPS) is 11.3. The van der Waals surface area contributed by atoms with Crippen LogP contribution in [0.2, 0.25) is 0 Å². The van der Waals surface area contributed by atoms with Crippen LogP contribution in [0.5, 0.6) is 0 Å². The van der Waals surface area contributed by atoms with Gasteiger partial charge in [0.25, 0.3) is 0 Å². The Morgan fingerprint density at radius 2 is 2.10 bits per heavy atom. The van der Waals surface area contributed by atoms with Gasteiger partial charge < -0.3 is 14.4 Å². The van der Waals surface area contributed by atoms with Crippen LogP contribution in [0.1, 0.15) is 31.1 Å². The van der Waals surface area contributed by atoms with Gasteiger partial charge in [0.1, 0.15) is 6.54 Å². The first-order valence-electron chi connectivity index (χ1n) is 7.40. The van der Waals surface area contributed by atoms with Crippen molar-refractivity contribution >= 4 is 10.9 Å². The van der Waals surface area contributed by atoms with E-state index >= 15 is 0 Å². The molecule has 2 heterocycles. The maximum Gasteiger partial charge on any atom is 0.246 e. The number of aromatic nitrogens is 3. The van der Waals surface area contributed by atoms with Gasteiger partial charge in [-0.1, -0.05) is 37.2 Å². The van der Waals surface area contributed by atoms with Gasteiger partial charge in [-0.2, -0.15) is 4.98 Å². The smallest absolute Gasteiger partial charge is 0.246 e. The number of nitrogens with zero attached hydrogens (tertiary/aromatic N) is 3. The third-order valence-electron chi connectivity index (χ3n) is 3.57. The lowest BCUT2D eigenvalue weighted by atomic mass is 10.2. The van der Waals surface area contributed by atoms with Crippen molar-refractivity contribution in [2.75, 3.05) is 6.54 Å². The van der Waals surface area contributed by atoms with E-state index in [1.807, 2.05) is 6.92 Å². The van der Waals surface area contributed by atoms with Crippen molar-refractivity contribution in [3.63, 3.8) is 0 Å². The Hall–Kier alpha value is -2.14. The van der Waals surface area contributed by atoms with Crippen LogP contribution in [-0.2, 0) is 19.5 Å².